The van der Waals surface area contributed by atoms with Crippen LogP contribution in [0.3, 0.4) is 0 Å². The second-order valence-electron chi connectivity index (χ2n) is 4.20. The molecule has 21 heavy (non-hydrogen) atoms. The van der Waals surface area contributed by atoms with E-state index in [9.17, 15) is 28.7 Å². The molecule has 1 rings (SSSR count). The number of hydrogen-bond acceptors (Lipinski definition) is 7. The number of rotatable bonds is 8. The van der Waals surface area contributed by atoms with Gasteiger partial charge in [0, 0.05) is 19.7 Å². The minimum absolute atomic E-state index is 0.0540. The number of ether oxygens (including phenoxy) is 1. The maximum atomic E-state index is 11.9. The van der Waals surface area contributed by atoms with Crippen LogP contribution in [0.5, 0.6) is 5.75 Å². The summed E-state index contributed by atoms with van der Waals surface area (Å²) in [7, 11) is -2.56. The number of aromatic hydroxyl groups is 1. The minimum Gasteiger partial charge on any atom is -0.502 e. The van der Waals surface area contributed by atoms with Crippen molar-refractivity contribution < 1.29 is 28.3 Å². The fourth-order valence-electron chi connectivity index (χ4n) is 1.54. The summed E-state index contributed by atoms with van der Waals surface area (Å²) in [6, 6.07) is 2.76. The van der Waals surface area contributed by atoms with Gasteiger partial charge in [-0.3, -0.25) is 10.1 Å². The molecule has 1 aromatic carbocycles. The van der Waals surface area contributed by atoms with Gasteiger partial charge in [0.2, 0.25) is 10.0 Å². The Bertz CT molecular complexity index is 603. The zero-order valence-electron chi connectivity index (χ0n) is 11.2. The summed E-state index contributed by atoms with van der Waals surface area (Å²) in [5, 5.41) is 29.3. The normalized spacial score (nSPS) is 13.0. The van der Waals surface area contributed by atoms with E-state index in [4.69, 9.17) is 4.74 Å². The van der Waals surface area contributed by atoms with Crippen LogP contribution in [-0.4, -0.2) is 49.9 Å². The van der Waals surface area contributed by atoms with E-state index in [0.29, 0.717) is 0 Å². The third kappa shape index (κ3) is 4.93. The van der Waals surface area contributed by atoms with Gasteiger partial charge in [0.05, 0.1) is 22.5 Å². The molecule has 0 amide bonds. The summed E-state index contributed by atoms with van der Waals surface area (Å²) in [5.41, 5.74) is -0.697. The number of nitro benzene ring substituents is 1. The van der Waals surface area contributed by atoms with Crippen molar-refractivity contribution in [3.63, 3.8) is 0 Å². The van der Waals surface area contributed by atoms with Gasteiger partial charge in [-0.1, -0.05) is 0 Å². The van der Waals surface area contributed by atoms with Gasteiger partial charge >= 0.3 is 5.69 Å². The van der Waals surface area contributed by atoms with Crippen LogP contribution >= 0.6 is 0 Å². The molecular formula is C11H16N2O7S. The third-order valence-electron chi connectivity index (χ3n) is 2.58. The van der Waals surface area contributed by atoms with Gasteiger partial charge in [0.15, 0.2) is 5.75 Å². The number of nitro groups is 1. The number of sulfonamides is 1. The highest BCUT2D eigenvalue weighted by Crippen LogP contribution is 2.28. The van der Waals surface area contributed by atoms with Gasteiger partial charge in [-0.2, -0.15) is 0 Å². The van der Waals surface area contributed by atoms with Crippen molar-refractivity contribution in [1.82, 2.24) is 4.72 Å². The first-order valence-electron chi connectivity index (χ1n) is 5.92. The second kappa shape index (κ2) is 7.31. The van der Waals surface area contributed by atoms with Gasteiger partial charge in [-0.05, 0) is 18.6 Å². The molecule has 0 spiro atoms. The standard InChI is InChI=1S/C11H16N2O7S/c1-20-7-8(14)4-5-12-21(18,19)9-2-3-11(15)10(6-9)13(16)17/h2-3,6,8,12,14-15H,4-5,7H2,1H3. The second-order valence-corrected chi connectivity index (χ2v) is 5.97. The zero-order valence-corrected chi connectivity index (χ0v) is 12.0. The fourth-order valence-corrected chi connectivity index (χ4v) is 2.60. The molecule has 0 heterocycles. The van der Waals surface area contributed by atoms with Crippen molar-refractivity contribution in [2.75, 3.05) is 20.3 Å². The van der Waals surface area contributed by atoms with E-state index in [-0.39, 0.29) is 24.5 Å². The molecule has 118 valence electrons. The number of nitrogens with zero attached hydrogens (tertiary/aromatic N) is 1. The molecule has 0 aliphatic rings. The average Bonchev–Trinajstić information content (AvgIpc) is 2.38. The number of hydrogen-bond donors (Lipinski definition) is 3. The lowest BCUT2D eigenvalue weighted by molar-refractivity contribution is -0.386. The fraction of sp³-hybridized carbons (Fsp3) is 0.455. The SMILES string of the molecule is COCC(O)CCNS(=O)(=O)c1ccc(O)c([N+](=O)[O-])c1. The van der Waals surface area contributed by atoms with E-state index in [0.717, 1.165) is 18.2 Å². The molecule has 0 aromatic heterocycles. The summed E-state index contributed by atoms with van der Waals surface area (Å²) >= 11 is 0. The zero-order chi connectivity index (χ0) is 16.0. The van der Waals surface area contributed by atoms with Crippen LogP contribution in [0.25, 0.3) is 0 Å². The number of nitrogens with one attached hydrogen (secondary N) is 1. The Kier molecular flexibility index (Phi) is 6.03. The first-order chi connectivity index (χ1) is 9.77. The Morgan fingerprint density at radius 3 is 2.71 bits per heavy atom. The molecule has 9 nitrogen and oxygen atoms in total. The maximum Gasteiger partial charge on any atom is 0.312 e. The van der Waals surface area contributed by atoms with E-state index in [2.05, 4.69) is 4.72 Å². The average molecular weight is 320 g/mol. The van der Waals surface area contributed by atoms with Crippen molar-refractivity contribution in [2.45, 2.75) is 17.4 Å². The van der Waals surface area contributed by atoms with Gasteiger partial charge in [-0.15, -0.1) is 0 Å². The van der Waals surface area contributed by atoms with Crippen molar-refractivity contribution >= 4 is 15.7 Å². The smallest absolute Gasteiger partial charge is 0.312 e. The Morgan fingerprint density at radius 2 is 2.14 bits per heavy atom. The van der Waals surface area contributed by atoms with Crippen molar-refractivity contribution in [2.24, 2.45) is 0 Å². The highest BCUT2D eigenvalue weighted by molar-refractivity contribution is 7.89. The van der Waals surface area contributed by atoms with Gasteiger partial charge < -0.3 is 14.9 Å². The molecule has 0 aliphatic heterocycles. The first kappa shape index (κ1) is 17.3. The number of methoxy groups -OCH3 is 1. The molecule has 1 unspecified atom stereocenters. The molecule has 0 saturated carbocycles. The Labute approximate surface area is 121 Å². The largest absolute Gasteiger partial charge is 0.502 e. The van der Waals surface area contributed by atoms with E-state index in [1.807, 2.05) is 0 Å². The number of phenols is 1. The Balaban J connectivity index is 2.79. The summed E-state index contributed by atoms with van der Waals surface area (Å²) < 4.78 is 30.8. The van der Waals surface area contributed by atoms with E-state index in [1.165, 1.54) is 7.11 Å². The number of phenolic OH excluding ortho intramolecular Hbond substituents is 1. The summed E-state index contributed by atoms with van der Waals surface area (Å²) in [5.74, 6) is -0.616. The number of aliphatic hydroxyl groups is 1. The summed E-state index contributed by atoms with van der Waals surface area (Å²) in [6.45, 7) is 0.0218. The van der Waals surface area contributed by atoms with Gasteiger partial charge in [0.1, 0.15) is 0 Å². The quantitative estimate of drug-likeness (QED) is 0.451. The molecule has 0 aliphatic carbocycles. The van der Waals surface area contributed by atoms with Crippen LogP contribution in [0, 0.1) is 10.1 Å². The first-order valence-corrected chi connectivity index (χ1v) is 7.40. The Morgan fingerprint density at radius 1 is 1.48 bits per heavy atom. The van der Waals surface area contributed by atoms with Crippen LogP contribution in [0.15, 0.2) is 23.1 Å². The molecule has 1 aromatic rings. The van der Waals surface area contributed by atoms with Crippen LogP contribution in [-0.2, 0) is 14.8 Å². The molecule has 0 fully saturated rings. The topological polar surface area (TPSA) is 139 Å². The lowest BCUT2D eigenvalue weighted by atomic mass is 10.3. The van der Waals surface area contributed by atoms with Crippen LogP contribution in [0.4, 0.5) is 5.69 Å². The predicted molar refractivity (Wildman–Crippen MR) is 72.4 cm³/mol. The molecule has 0 saturated heterocycles. The summed E-state index contributed by atoms with van der Waals surface area (Å²) in [6.07, 6.45) is -0.681. The predicted octanol–water partition coefficient (Wildman–Crippen LogP) is -0.0239. The van der Waals surface area contributed by atoms with Gasteiger partial charge in [-0.25, -0.2) is 13.1 Å². The minimum atomic E-state index is -3.96. The lowest BCUT2D eigenvalue weighted by Gasteiger charge is -2.10. The summed E-state index contributed by atoms with van der Waals surface area (Å²) in [4.78, 5) is 9.44. The molecule has 0 bridgehead atoms. The number of aliphatic hydroxyl groups excluding tert-OH is 1. The van der Waals surface area contributed by atoms with E-state index >= 15 is 0 Å². The molecular weight excluding hydrogens is 304 g/mol. The Hall–Kier alpha value is -1.75. The van der Waals surface area contributed by atoms with Gasteiger partial charge in [0.25, 0.3) is 0 Å². The monoisotopic (exact) mass is 320 g/mol. The molecule has 3 N–H and O–H groups in total. The van der Waals surface area contributed by atoms with E-state index < -0.39 is 32.5 Å². The molecule has 10 heteroatoms. The third-order valence-corrected chi connectivity index (χ3v) is 4.04. The maximum absolute atomic E-state index is 11.9. The van der Waals surface area contributed by atoms with Crippen LogP contribution in [0.1, 0.15) is 6.42 Å². The van der Waals surface area contributed by atoms with Crippen LogP contribution < -0.4 is 4.72 Å². The van der Waals surface area contributed by atoms with Crippen molar-refractivity contribution in [3.8, 4) is 5.75 Å². The highest BCUT2D eigenvalue weighted by atomic mass is 32.2. The van der Waals surface area contributed by atoms with Crippen molar-refractivity contribution in [1.29, 1.82) is 0 Å². The lowest BCUT2D eigenvalue weighted by Crippen LogP contribution is -2.28. The number of benzene rings is 1. The highest BCUT2D eigenvalue weighted by Gasteiger charge is 2.21. The van der Waals surface area contributed by atoms with Crippen molar-refractivity contribution in [3.05, 3.63) is 28.3 Å². The molecule has 1 atom stereocenters. The van der Waals surface area contributed by atoms with Crippen LogP contribution in [0.2, 0.25) is 0 Å². The molecule has 0 radical (unpaired) electrons. The van der Waals surface area contributed by atoms with E-state index in [1.54, 1.807) is 0 Å².